The lowest BCUT2D eigenvalue weighted by atomic mass is 10.1. The lowest BCUT2D eigenvalue weighted by Gasteiger charge is -2.36. The number of hydrogen-bond acceptors (Lipinski definition) is 5. The molecule has 0 radical (unpaired) electrons. The van der Waals surface area contributed by atoms with Crippen molar-refractivity contribution in [1.29, 1.82) is 0 Å². The number of carbonyl (C=O) groups is 2. The third kappa shape index (κ3) is 4.86. The topological polar surface area (TPSA) is 65.1 Å². The van der Waals surface area contributed by atoms with E-state index in [2.05, 4.69) is 10.2 Å². The van der Waals surface area contributed by atoms with Crippen LogP contribution in [0.4, 0.5) is 10.5 Å². The summed E-state index contributed by atoms with van der Waals surface area (Å²) >= 11 is 0. The molecule has 132 valence electrons. The predicted octanol–water partition coefficient (Wildman–Crippen LogP) is 0.866. The fraction of sp³-hybridized carbons (Fsp3) is 0.529. The highest BCUT2D eigenvalue weighted by Crippen LogP contribution is 2.18. The van der Waals surface area contributed by atoms with E-state index >= 15 is 0 Å². The van der Waals surface area contributed by atoms with Crippen LogP contribution in [0.15, 0.2) is 24.3 Å². The molecule has 1 fully saturated rings. The van der Waals surface area contributed by atoms with Gasteiger partial charge in [0.15, 0.2) is 0 Å². The van der Waals surface area contributed by atoms with Gasteiger partial charge < -0.3 is 24.8 Å². The van der Waals surface area contributed by atoms with E-state index in [1.54, 1.807) is 6.07 Å². The number of amides is 2. The number of ether oxygens (including phenoxy) is 1. The summed E-state index contributed by atoms with van der Waals surface area (Å²) in [6, 6.07) is 7.38. The van der Waals surface area contributed by atoms with E-state index in [1.807, 2.05) is 42.1 Å². The highest BCUT2D eigenvalue weighted by Gasteiger charge is 2.21. The van der Waals surface area contributed by atoms with Crippen LogP contribution in [-0.2, 0) is 4.74 Å². The maximum Gasteiger partial charge on any atom is 0.337 e. The summed E-state index contributed by atoms with van der Waals surface area (Å²) in [6.45, 7) is 4.28. The molecule has 7 nitrogen and oxygen atoms in total. The fourth-order valence-corrected chi connectivity index (χ4v) is 2.61. The first kappa shape index (κ1) is 18.1. The summed E-state index contributed by atoms with van der Waals surface area (Å²) in [4.78, 5) is 29.8. The van der Waals surface area contributed by atoms with Crippen molar-refractivity contribution in [2.45, 2.75) is 0 Å². The summed E-state index contributed by atoms with van der Waals surface area (Å²) in [5.74, 6) is -0.337. The second-order valence-corrected chi connectivity index (χ2v) is 6.05. The number of hydrogen-bond donors (Lipinski definition) is 1. The molecule has 0 saturated carbocycles. The molecule has 1 aliphatic heterocycles. The van der Waals surface area contributed by atoms with E-state index in [0.717, 1.165) is 25.3 Å². The average Bonchev–Trinajstić information content (AvgIpc) is 2.61. The summed E-state index contributed by atoms with van der Waals surface area (Å²) in [5.41, 5.74) is 1.52. The van der Waals surface area contributed by atoms with Gasteiger partial charge in [-0.3, -0.25) is 0 Å². The molecule has 0 unspecified atom stereocenters. The number of likely N-dealkylation sites (N-methyl/N-ethyl adjacent to an activating group) is 1. The zero-order valence-corrected chi connectivity index (χ0v) is 14.6. The number of esters is 1. The number of nitrogens with one attached hydrogen (secondary N) is 1. The average molecular weight is 334 g/mol. The number of anilines is 1. The molecule has 0 aliphatic carbocycles. The Bertz CT molecular complexity index is 569. The molecule has 0 spiro atoms. The van der Waals surface area contributed by atoms with Crippen molar-refractivity contribution in [3.63, 3.8) is 0 Å². The molecule has 7 heteroatoms. The standard InChI is InChI=1S/C17H26N4O3/c1-19(2)8-7-18-17(23)21-11-9-20(10-12-21)15-6-4-5-14(13-15)16(22)24-3/h4-6,13H,7-12H2,1-3H3,(H,18,23). The van der Waals surface area contributed by atoms with Crippen LogP contribution < -0.4 is 10.2 Å². The van der Waals surface area contributed by atoms with Gasteiger partial charge in [-0.2, -0.15) is 0 Å². The lowest BCUT2D eigenvalue weighted by Crippen LogP contribution is -2.52. The minimum Gasteiger partial charge on any atom is -0.465 e. The van der Waals surface area contributed by atoms with Gasteiger partial charge in [0.25, 0.3) is 0 Å². The molecule has 0 bridgehead atoms. The van der Waals surface area contributed by atoms with E-state index in [9.17, 15) is 9.59 Å². The van der Waals surface area contributed by atoms with E-state index in [4.69, 9.17) is 4.74 Å². The summed E-state index contributed by atoms with van der Waals surface area (Å²) < 4.78 is 4.76. The highest BCUT2D eigenvalue weighted by molar-refractivity contribution is 5.90. The van der Waals surface area contributed by atoms with Crippen molar-refractivity contribution >= 4 is 17.7 Å². The molecule has 1 saturated heterocycles. The Morgan fingerprint density at radius 3 is 2.54 bits per heavy atom. The normalized spacial score (nSPS) is 14.7. The van der Waals surface area contributed by atoms with E-state index in [1.165, 1.54) is 7.11 Å². The lowest BCUT2D eigenvalue weighted by molar-refractivity contribution is 0.0600. The Morgan fingerprint density at radius 1 is 1.21 bits per heavy atom. The Labute approximate surface area is 143 Å². The molecule has 2 rings (SSSR count). The molecule has 1 N–H and O–H groups in total. The van der Waals surface area contributed by atoms with Crippen LogP contribution in [0.1, 0.15) is 10.4 Å². The fourth-order valence-electron chi connectivity index (χ4n) is 2.61. The quantitative estimate of drug-likeness (QED) is 0.810. The van der Waals surface area contributed by atoms with Crippen LogP contribution >= 0.6 is 0 Å². The van der Waals surface area contributed by atoms with E-state index in [0.29, 0.717) is 25.2 Å². The summed E-state index contributed by atoms with van der Waals surface area (Å²) in [7, 11) is 5.34. The molecule has 1 aromatic rings. The van der Waals surface area contributed by atoms with Gasteiger partial charge in [-0.05, 0) is 32.3 Å². The zero-order valence-electron chi connectivity index (χ0n) is 14.6. The van der Waals surface area contributed by atoms with Crippen LogP contribution in [0, 0.1) is 0 Å². The number of methoxy groups -OCH3 is 1. The van der Waals surface area contributed by atoms with Crippen molar-refractivity contribution in [2.24, 2.45) is 0 Å². The highest BCUT2D eigenvalue weighted by atomic mass is 16.5. The molecule has 1 heterocycles. The second-order valence-electron chi connectivity index (χ2n) is 6.05. The molecular formula is C17H26N4O3. The molecule has 0 aromatic heterocycles. The Balaban J connectivity index is 1.86. The Morgan fingerprint density at radius 2 is 1.92 bits per heavy atom. The van der Waals surface area contributed by atoms with Crippen molar-refractivity contribution in [1.82, 2.24) is 15.1 Å². The Kier molecular flexibility index (Phi) is 6.43. The van der Waals surface area contributed by atoms with Gasteiger partial charge in [-0.25, -0.2) is 9.59 Å². The number of carbonyl (C=O) groups excluding carboxylic acids is 2. The van der Waals surface area contributed by atoms with Crippen molar-refractivity contribution < 1.29 is 14.3 Å². The number of urea groups is 1. The van der Waals surface area contributed by atoms with Crippen molar-refractivity contribution in [2.75, 3.05) is 65.4 Å². The van der Waals surface area contributed by atoms with Gasteiger partial charge >= 0.3 is 12.0 Å². The number of benzene rings is 1. The molecule has 24 heavy (non-hydrogen) atoms. The third-order valence-electron chi connectivity index (χ3n) is 4.03. The van der Waals surface area contributed by atoms with Gasteiger partial charge in [0.1, 0.15) is 0 Å². The second kappa shape index (κ2) is 8.54. The number of piperazine rings is 1. The summed E-state index contributed by atoms with van der Waals surface area (Å²) in [5, 5.41) is 2.94. The van der Waals surface area contributed by atoms with Crippen LogP contribution in [-0.4, -0.2) is 82.3 Å². The first-order chi connectivity index (χ1) is 11.5. The monoisotopic (exact) mass is 334 g/mol. The zero-order chi connectivity index (χ0) is 17.5. The largest absolute Gasteiger partial charge is 0.465 e. The minimum atomic E-state index is -0.337. The van der Waals surface area contributed by atoms with Gasteiger partial charge in [-0.1, -0.05) is 6.07 Å². The van der Waals surface area contributed by atoms with Crippen LogP contribution in [0.25, 0.3) is 0 Å². The first-order valence-electron chi connectivity index (χ1n) is 8.12. The smallest absolute Gasteiger partial charge is 0.337 e. The van der Waals surface area contributed by atoms with Gasteiger partial charge in [0, 0.05) is 45.0 Å². The Hall–Kier alpha value is -2.28. The van der Waals surface area contributed by atoms with Crippen LogP contribution in [0.5, 0.6) is 0 Å². The first-order valence-corrected chi connectivity index (χ1v) is 8.12. The maximum absolute atomic E-state index is 12.1. The van der Waals surface area contributed by atoms with E-state index < -0.39 is 0 Å². The SMILES string of the molecule is COC(=O)c1cccc(N2CCN(C(=O)NCCN(C)C)CC2)c1. The maximum atomic E-state index is 12.1. The number of nitrogens with zero attached hydrogens (tertiary/aromatic N) is 3. The molecule has 2 amide bonds. The van der Waals surface area contributed by atoms with Gasteiger partial charge in [0.2, 0.25) is 0 Å². The molecule has 1 aromatic carbocycles. The van der Waals surface area contributed by atoms with Crippen LogP contribution in [0.3, 0.4) is 0 Å². The minimum absolute atomic E-state index is 0.0141. The van der Waals surface area contributed by atoms with Gasteiger partial charge in [0.05, 0.1) is 12.7 Å². The van der Waals surface area contributed by atoms with Crippen LogP contribution in [0.2, 0.25) is 0 Å². The number of rotatable bonds is 5. The molecule has 0 atom stereocenters. The molecular weight excluding hydrogens is 308 g/mol. The predicted molar refractivity (Wildman–Crippen MR) is 93.5 cm³/mol. The molecule has 1 aliphatic rings. The van der Waals surface area contributed by atoms with Gasteiger partial charge in [-0.15, -0.1) is 0 Å². The summed E-state index contributed by atoms with van der Waals surface area (Å²) in [6.07, 6.45) is 0. The third-order valence-corrected chi connectivity index (χ3v) is 4.03. The van der Waals surface area contributed by atoms with Crippen molar-refractivity contribution in [3.05, 3.63) is 29.8 Å². The van der Waals surface area contributed by atoms with E-state index in [-0.39, 0.29) is 12.0 Å². The van der Waals surface area contributed by atoms with Crippen molar-refractivity contribution in [3.8, 4) is 0 Å².